The molecule has 3 rings (SSSR count). The van der Waals surface area contributed by atoms with Crippen LogP contribution in [-0.4, -0.2) is 24.3 Å². The maximum absolute atomic E-state index is 12.5. The van der Waals surface area contributed by atoms with Gasteiger partial charge in [0.05, 0.1) is 6.10 Å². The lowest BCUT2D eigenvalue weighted by Crippen LogP contribution is -2.42. The molecule has 3 saturated carbocycles. The van der Waals surface area contributed by atoms with Gasteiger partial charge in [-0.2, -0.15) is 0 Å². The summed E-state index contributed by atoms with van der Waals surface area (Å²) in [5.41, 5.74) is -0.180. The largest absolute Gasteiger partial charge is 0.457 e. The van der Waals surface area contributed by atoms with E-state index in [2.05, 4.69) is 27.7 Å². The summed E-state index contributed by atoms with van der Waals surface area (Å²) in [6.07, 6.45) is 9.68. The molecular weight excluding hydrogens is 300 g/mol. The van der Waals surface area contributed by atoms with E-state index in [1.807, 2.05) is 0 Å². The highest BCUT2D eigenvalue weighted by atomic mass is 16.6. The van der Waals surface area contributed by atoms with E-state index < -0.39 is 0 Å². The quantitative estimate of drug-likeness (QED) is 0.642. The fraction of sp³-hybridized carbons (Fsp3) is 0.952. The molecule has 0 aliphatic heterocycles. The van der Waals surface area contributed by atoms with Crippen LogP contribution in [0.1, 0.15) is 79.1 Å². The lowest BCUT2D eigenvalue weighted by Gasteiger charge is -2.38. The second-order valence-electron chi connectivity index (χ2n) is 9.15. The number of carbonyl (C=O) groups is 1. The van der Waals surface area contributed by atoms with E-state index in [1.165, 1.54) is 32.1 Å². The number of rotatable bonds is 6. The van der Waals surface area contributed by atoms with Crippen LogP contribution in [0.25, 0.3) is 0 Å². The molecule has 6 atom stereocenters. The van der Waals surface area contributed by atoms with E-state index in [0.29, 0.717) is 23.7 Å². The molecule has 0 N–H and O–H groups in total. The molecule has 3 heteroatoms. The zero-order chi connectivity index (χ0) is 17.3. The lowest BCUT2D eigenvalue weighted by atomic mass is 9.75. The molecule has 3 nitrogen and oxygen atoms in total. The molecule has 0 radical (unpaired) electrons. The molecule has 0 spiro atoms. The summed E-state index contributed by atoms with van der Waals surface area (Å²) in [6, 6.07) is 0. The minimum absolute atomic E-state index is 0.134. The Hall–Kier alpha value is -0.570. The van der Waals surface area contributed by atoms with Crippen molar-refractivity contribution in [1.29, 1.82) is 0 Å². The minimum Gasteiger partial charge on any atom is -0.457 e. The molecule has 0 aromatic heterocycles. The third-order valence-electron chi connectivity index (χ3n) is 7.21. The van der Waals surface area contributed by atoms with Crippen molar-refractivity contribution in [1.82, 2.24) is 0 Å². The Balaban J connectivity index is 1.53. The molecule has 0 aromatic rings. The summed E-state index contributed by atoms with van der Waals surface area (Å²) in [6.45, 7) is 9.16. The maximum Gasteiger partial charge on any atom is 0.332 e. The van der Waals surface area contributed by atoms with Gasteiger partial charge in [-0.25, -0.2) is 4.79 Å². The van der Waals surface area contributed by atoms with Gasteiger partial charge in [-0.15, -0.1) is 0 Å². The van der Waals surface area contributed by atoms with Crippen molar-refractivity contribution in [3.8, 4) is 0 Å². The van der Waals surface area contributed by atoms with E-state index in [9.17, 15) is 4.79 Å². The van der Waals surface area contributed by atoms with Crippen molar-refractivity contribution in [3.05, 3.63) is 0 Å². The zero-order valence-corrected chi connectivity index (χ0v) is 16.1. The highest BCUT2D eigenvalue weighted by molar-refractivity contribution is 5.71. The SMILES string of the molecule is CCC1(OC(=O)COC2CC(C)CCC2C(C)C)CC2CCC1C2. The van der Waals surface area contributed by atoms with Crippen LogP contribution in [0.2, 0.25) is 0 Å². The van der Waals surface area contributed by atoms with Gasteiger partial charge in [-0.05, 0) is 74.5 Å². The summed E-state index contributed by atoms with van der Waals surface area (Å²) in [7, 11) is 0. The number of hydrogen-bond acceptors (Lipinski definition) is 3. The number of fused-ring (bicyclic) bond motifs is 2. The van der Waals surface area contributed by atoms with Crippen molar-refractivity contribution in [2.45, 2.75) is 90.8 Å². The molecule has 6 unspecified atom stereocenters. The van der Waals surface area contributed by atoms with Gasteiger partial charge in [0, 0.05) is 0 Å². The van der Waals surface area contributed by atoms with E-state index >= 15 is 0 Å². The van der Waals surface area contributed by atoms with E-state index in [0.717, 1.165) is 25.2 Å². The first-order chi connectivity index (χ1) is 11.4. The number of hydrogen-bond donors (Lipinski definition) is 0. The van der Waals surface area contributed by atoms with Crippen LogP contribution >= 0.6 is 0 Å². The van der Waals surface area contributed by atoms with Gasteiger partial charge in [0.15, 0.2) is 0 Å². The highest BCUT2D eigenvalue weighted by Gasteiger charge is 2.52. The molecule has 0 saturated heterocycles. The lowest BCUT2D eigenvalue weighted by molar-refractivity contribution is -0.176. The summed E-state index contributed by atoms with van der Waals surface area (Å²) in [4.78, 5) is 12.5. The van der Waals surface area contributed by atoms with Gasteiger partial charge < -0.3 is 9.47 Å². The highest BCUT2D eigenvalue weighted by Crippen LogP contribution is 2.54. The average Bonchev–Trinajstić information content (AvgIpc) is 3.14. The molecule has 3 aliphatic carbocycles. The molecule has 3 aliphatic rings. The van der Waals surface area contributed by atoms with Crippen molar-refractivity contribution >= 4 is 5.97 Å². The molecule has 0 amide bonds. The Morgan fingerprint density at radius 3 is 2.54 bits per heavy atom. The molecule has 2 bridgehead atoms. The second kappa shape index (κ2) is 7.35. The Kier molecular flexibility index (Phi) is 5.58. The standard InChI is InChI=1S/C21H36O3/c1-5-21(12-16-7-8-17(21)11-16)24-20(22)13-23-19-10-15(4)6-9-18(19)14(2)3/h14-19H,5-13H2,1-4H3. The third kappa shape index (κ3) is 3.66. The van der Waals surface area contributed by atoms with Crippen LogP contribution in [-0.2, 0) is 14.3 Å². The van der Waals surface area contributed by atoms with Gasteiger partial charge in [0.25, 0.3) is 0 Å². The Morgan fingerprint density at radius 2 is 1.96 bits per heavy atom. The van der Waals surface area contributed by atoms with Crippen molar-refractivity contribution < 1.29 is 14.3 Å². The number of carbonyl (C=O) groups excluding carboxylic acids is 1. The molecule has 3 fully saturated rings. The summed E-state index contributed by atoms with van der Waals surface area (Å²) < 4.78 is 12.1. The topological polar surface area (TPSA) is 35.5 Å². The molecule has 0 heterocycles. The normalized spacial score (nSPS) is 41.8. The smallest absolute Gasteiger partial charge is 0.332 e. The summed E-state index contributed by atoms with van der Waals surface area (Å²) in [5, 5.41) is 0. The zero-order valence-electron chi connectivity index (χ0n) is 16.1. The predicted molar refractivity (Wildman–Crippen MR) is 95.6 cm³/mol. The van der Waals surface area contributed by atoms with E-state index in [1.54, 1.807) is 0 Å². The second-order valence-corrected chi connectivity index (χ2v) is 9.15. The monoisotopic (exact) mass is 336 g/mol. The molecule has 0 aromatic carbocycles. The van der Waals surface area contributed by atoms with Crippen molar-refractivity contribution in [2.24, 2.45) is 29.6 Å². The van der Waals surface area contributed by atoms with Crippen LogP contribution < -0.4 is 0 Å². The van der Waals surface area contributed by atoms with E-state index in [-0.39, 0.29) is 24.3 Å². The molecule has 24 heavy (non-hydrogen) atoms. The summed E-state index contributed by atoms with van der Waals surface area (Å²) >= 11 is 0. The maximum atomic E-state index is 12.5. The number of ether oxygens (including phenoxy) is 2. The van der Waals surface area contributed by atoms with Crippen LogP contribution in [0.5, 0.6) is 0 Å². The Bertz CT molecular complexity index is 446. The third-order valence-corrected chi connectivity index (χ3v) is 7.21. The first-order valence-corrected chi connectivity index (χ1v) is 10.3. The van der Waals surface area contributed by atoms with E-state index in [4.69, 9.17) is 9.47 Å². The fourth-order valence-electron chi connectivity index (χ4n) is 5.76. The van der Waals surface area contributed by atoms with Crippen LogP contribution in [0.15, 0.2) is 0 Å². The van der Waals surface area contributed by atoms with Crippen LogP contribution in [0, 0.1) is 29.6 Å². The minimum atomic E-state index is -0.180. The van der Waals surface area contributed by atoms with Crippen molar-refractivity contribution in [2.75, 3.05) is 6.61 Å². The summed E-state index contributed by atoms with van der Waals surface area (Å²) in [5.74, 6) is 3.14. The van der Waals surface area contributed by atoms with Gasteiger partial charge in [0.2, 0.25) is 0 Å². The number of esters is 1. The van der Waals surface area contributed by atoms with Crippen molar-refractivity contribution in [3.63, 3.8) is 0 Å². The fourth-order valence-corrected chi connectivity index (χ4v) is 5.76. The van der Waals surface area contributed by atoms with Crippen LogP contribution in [0.4, 0.5) is 0 Å². The Morgan fingerprint density at radius 1 is 1.17 bits per heavy atom. The average molecular weight is 337 g/mol. The predicted octanol–water partition coefficient (Wildman–Crippen LogP) is 4.98. The van der Waals surface area contributed by atoms with Crippen LogP contribution in [0.3, 0.4) is 0 Å². The van der Waals surface area contributed by atoms with Gasteiger partial charge in [-0.3, -0.25) is 0 Å². The van der Waals surface area contributed by atoms with Gasteiger partial charge in [0.1, 0.15) is 12.2 Å². The molecular formula is C21H36O3. The first-order valence-electron chi connectivity index (χ1n) is 10.3. The molecule has 138 valence electrons. The Labute approximate surface area is 147 Å². The first kappa shape index (κ1) is 18.2. The van der Waals surface area contributed by atoms with Gasteiger partial charge >= 0.3 is 5.97 Å². The van der Waals surface area contributed by atoms with Gasteiger partial charge in [-0.1, -0.05) is 34.1 Å².